The van der Waals surface area contributed by atoms with E-state index in [-0.39, 0.29) is 10.3 Å². The van der Waals surface area contributed by atoms with Crippen LogP contribution in [0.3, 0.4) is 0 Å². The van der Waals surface area contributed by atoms with Crippen molar-refractivity contribution in [1.82, 2.24) is 9.97 Å². The quantitative estimate of drug-likeness (QED) is 0.715. The van der Waals surface area contributed by atoms with Gasteiger partial charge in [-0.25, -0.2) is 14.4 Å². The lowest BCUT2D eigenvalue weighted by Crippen LogP contribution is -1.94. The van der Waals surface area contributed by atoms with Gasteiger partial charge in [0.15, 0.2) is 21.9 Å². The van der Waals surface area contributed by atoms with Gasteiger partial charge >= 0.3 is 0 Å². The Kier molecular flexibility index (Phi) is 2.84. The van der Waals surface area contributed by atoms with E-state index >= 15 is 0 Å². The molecule has 2 rings (SSSR count). The van der Waals surface area contributed by atoms with Gasteiger partial charge in [0.05, 0.1) is 0 Å². The van der Waals surface area contributed by atoms with Crippen molar-refractivity contribution in [2.75, 3.05) is 0 Å². The van der Waals surface area contributed by atoms with Gasteiger partial charge in [-0.05, 0) is 0 Å². The smallest absolute Gasteiger partial charge is 0.197 e. The van der Waals surface area contributed by atoms with Gasteiger partial charge in [-0.1, -0.05) is 53.5 Å². The summed E-state index contributed by atoms with van der Waals surface area (Å²) < 4.78 is 13.0. The summed E-state index contributed by atoms with van der Waals surface area (Å²) in [4.78, 5) is 7.60. The van der Waals surface area contributed by atoms with Crippen molar-refractivity contribution >= 4 is 23.2 Å². The molecule has 0 spiro atoms. The minimum atomic E-state index is -0.794. The summed E-state index contributed by atoms with van der Waals surface area (Å²) in [5, 5.41) is -0.539. The van der Waals surface area contributed by atoms with Crippen LogP contribution >= 0.6 is 23.2 Å². The molecule has 0 aliphatic carbocycles. The van der Waals surface area contributed by atoms with E-state index in [4.69, 9.17) is 23.2 Å². The predicted molar refractivity (Wildman–Crippen MR) is 57.4 cm³/mol. The van der Waals surface area contributed by atoms with E-state index in [9.17, 15) is 4.39 Å². The molecule has 1 aromatic carbocycles. The molecule has 0 saturated carbocycles. The first-order valence-electron chi connectivity index (χ1n) is 4.12. The van der Waals surface area contributed by atoms with E-state index in [0.29, 0.717) is 5.82 Å². The summed E-state index contributed by atoms with van der Waals surface area (Å²) in [7, 11) is 0. The second-order valence-electron chi connectivity index (χ2n) is 2.81. The van der Waals surface area contributed by atoms with Gasteiger partial charge < -0.3 is 0 Å². The first kappa shape index (κ1) is 10.3. The molecule has 1 heterocycles. The zero-order chi connectivity index (χ0) is 10.8. The average Bonchev–Trinajstić information content (AvgIpc) is 2.26. The lowest BCUT2D eigenvalue weighted by Gasteiger charge is -2.02. The van der Waals surface area contributed by atoms with Crippen molar-refractivity contribution in [2.24, 2.45) is 0 Å². The summed E-state index contributed by atoms with van der Waals surface area (Å²) in [6, 6.07) is 9.09. The Labute approximate surface area is 95.7 Å². The fraction of sp³-hybridized carbons (Fsp3) is 0. The van der Waals surface area contributed by atoms with Crippen molar-refractivity contribution in [3.05, 3.63) is 46.5 Å². The second kappa shape index (κ2) is 4.13. The molecule has 0 amide bonds. The molecule has 0 fully saturated rings. The summed E-state index contributed by atoms with van der Waals surface area (Å²) in [6.45, 7) is 0. The van der Waals surface area contributed by atoms with E-state index in [0.717, 1.165) is 5.56 Å². The summed E-state index contributed by atoms with van der Waals surface area (Å²) in [5.41, 5.74) is 0.737. The number of hydrogen-bond donors (Lipinski definition) is 0. The Bertz CT molecular complexity index is 465. The van der Waals surface area contributed by atoms with Crippen LogP contribution < -0.4 is 0 Å². The van der Waals surface area contributed by atoms with Crippen LogP contribution in [-0.4, -0.2) is 9.97 Å². The average molecular weight is 243 g/mol. The van der Waals surface area contributed by atoms with Crippen molar-refractivity contribution in [3.63, 3.8) is 0 Å². The molecule has 0 atom stereocenters. The van der Waals surface area contributed by atoms with Crippen molar-refractivity contribution < 1.29 is 4.39 Å². The van der Waals surface area contributed by atoms with Crippen LogP contribution in [-0.2, 0) is 0 Å². The van der Waals surface area contributed by atoms with Crippen molar-refractivity contribution in [1.29, 1.82) is 0 Å². The van der Waals surface area contributed by atoms with Gasteiger partial charge in [-0.15, -0.1) is 0 Å². The standard InChI is InChI=1S/C10H5Cl2FN2/c11-8-7(13)9(12)15-10(14-8)6-4-2-1-3-5-6/h1-5H. The van der Waals surface area contributed by atoms with Crippen LogP contribution in [0.4, 0.5) is 4.39 Å². The Hall–Kier alpha value is -1.19. The van der Waals surface area contributed by atoms with Gasteiger partial charge in [-0.3, -0.25) is 0 Å². The number of halogens is 3. The van der Waals surface area contributed by atoms with E-state index in [2.05, 4.69) is 9.97 Å². The molecule has 5 heteroatoms. The SMILES string of the molecule is Fc1c(Cl)nc(-c2ccccc2)nc1Cl. The Morgan fingerprint density at radius 1 is 0.933 bits per heavy atom. The highest BCUT2D eigenvalue weighted by atomic mass is 35.5. The lowest BCUT2D eigenvalue weighted by molar-refractivity contribution is 0.615. The summed E-state index contributed by atoms with van der Waals surface area (Å²) in [6.07, 6.45) is 0. The highest BCUT2D eigenvalue weighted by Crippen LogP contribution is 2.23. The predicted octanol–water partition coefficient (Wildman–Crippen LogP) is 3.59. The minimum absolute atomic E-state index is 0.270. The van der Waals surface area contributed by atoms with Crippen molar-refractivity contribution in [3.8, 4) is 11.4 Å². The van der Waals surface area contributed by atoms with E-state index in [1.165, 1.54) is 0 Å². The maximum Gasteiger partial charge on any atom is 0.197 e. The number of aromatic nitrogens is 2. The Morgan fingerprint density at radius 3 is 2.00 bits per heavy atom. The highest BCUT2D eigenvalue weighted by Gasteiger charge is 2.11. The largest absolute Gasteiger partial charge is 0.213 e. The van der Waals surface area contributed by atoms with Gasteiger partial charge in [0.25, 0.3) is 0 Å². The van der Waals surface area contributed by atoms with Crippen LogP contribution in [0.15, 0.2) is 30.3 Å². The third-order valence-electron chi connectivity index (χ3n) is 1.80. The molecule has 0 unspecified atom stereocenters. The zero-order valence-corrected chi connectivity index (χ0v) is 8.93. The molecule has 0 aliphatic rings. The number of nitrogens with zero attached hydrogens (tertiary/aromatic N) is 2. The first-order valence-corrected chi connectivity index (χ1v) is 4.88. The van der Waals surface area contributed by atoms with E-state index < -0.39 is 5.82 Å². The number of benzene rings is 1. The fourth-order valence-electron chi connectivity index (χ4n) is 1.11. The topological polar surface area (TPSA) is 25.8 Å². The summed E-state index contributed by atoms with van der Waals surface area (Å²) >= 11 is 11.1. The van der Waals surface area contributed by atoms with Gasteiger partial charge in [0.1, 0.15) is 0 Å². The molecule has 0 N–H and O–H groups in total. The molecule has 2 nitrogen and oxygen atoms in total. The Balaban J connectivity index is 2.56. The second-order valence-corrected chi connectivity index (χ2v) is 3.52. The van der Waals surface area contributed by atoms with E-state index in [1.54, 1.807) is 12.1 Å². The van der Waals surface area contributed by atoms with Crippen LogP contribution in [0, 0.1) is 5.82 Å². The van der Waals surface area contributed by atoms with Crippen LogP contribution in [0.2, 0.25) is 10.3 Å². The van der Waals surface area contributed by atoms with Gasteiger partial charge in [0.2, 0.25) is 0 Å². The highest BCUT2D eigenvalue weighted by molar-refractivity contribution is 6.33. The molecule has 15 heavy (non-hydrogen) atoms. The lowest BCUT2D eigenvalue weighted by atomic mass is 10.2. The zero-order valence-electron chi connectivity index (χ0n) is 7.42. The molecule has 0 radical (unpaired) electrons. The molecule has 2 aromatic rings. The third-order valence-corrected chi connectivity index (χ3v) is 2.30. The maximum absolute atomic E-state index is 13.0. The number of hydrogen-bond acceptors (Lipinski definition) is 2. The monoisotopic (exact) mass is 242 g/mol. The van der Waals surface area contributed by atoms with Crippen molar-refractivity contribution in [2.45, 2.75) is 0 Å². The molecular formula is C10H5Cl2FN2. The number of rotatable bonds is 1. The normalized spacial score (nSPS) is 10.3. The van der Waals surface area contributed by atoms with Crippen LogP contribution in [0.1, 0.15) is 0 Å². The molecular weight excluding hydrogens is 238 g/mol. The fourth-order valence-corrected chi connectivity index (χ4v) is 1.50. The minimum Gasteiger partial charge on any atom is -0.213 e. The molecule has 1 aromatic heterocycles. The molecule has 0 bridgehead atoms. The summed E-state index contributed by atoms with van der Waals surface area (Å²) in [5.74, 6) is -0.481. The van der Waals surface area contributed by atoms with Gasteiger partial charge in [-0.2, -0.15) is 0 Å². The maximum atomic E-state index is 13.0. The molecule has 0 aliphatic heterocycles. The van der Waals surface area contributed by atoms with E-state index in [1.807, 2.05) is 18.2 Å². The van der Waals surface area contributed by atoms with Crippen LogP contribution in [0.25, 0.3) is 11.4 Å². The molecule has 0 saturated heterocycles. The first-order chi connectivity index (χ1) is 7.18. The van der Waals surface area contributed by atoms with Gasteiger partial charge in [0, 0.05) is 5.56 Å². The third kappa shape index (κ3) is 2.08. The van der Waals surface area contributed by atoms with Crippen LogP contribution in [0.5, 0.6) is 0 Å². The Morgan fingerprint density at radius 2 is 1.47 bits per heavy atom. The molecule has 76 valence electrons.